The Bertz CT molecular complexity index is 286. The second-order valence-corrected chi connectivity index (χ2v) is 2.88. The lowest BCUT2D eigenvalue weighted by Gasteiger charge is -2.14. The number of aliphatic hydroxyl groups excluding tert-OH is 3. The Kier molecular flexibility index (Phi) is 1.64. The molecule has 0 saturated carbocycles. The third-order valence-corrected chi connectivity index (χ3v) is 2.23. The van der Waals surface area contributed by atoms with E-state index in [1.165, 1.54) is 6.20 Å². The average Bonchev–Trinajstić information content (AvgIpc) is 2.59. The second-order valence-electron chi connectivity index (χ2n) is 2.88. The molecule has 1 aromatic rings. The highest BCUT2D eigenvalue weighted by molar-refractivity contribution is 5.09. The smallest absolute Gasteiger partial charge is 0.140 e. The standard InChI is InChI=1S/C7H10N2O3/c10-3-4-5(11)6(12)7-8-1-2-9(4)7/h1-2,4-6,10-12H,3H2/t4-,5-,6+/m0/s1. The van der Waals surface area contributed by atoms with E-state index in [1.54, 1.807) is 10.8 Å². The van der Waals surface area contributed by atoms with Crippen molar-refractivity contribution in [1.82, 2.24) is 9.55 Å². The highest BCUT2D eigenvalue weighted by Gasteiger charge is 2.38. The number of hydrogen-bond acceptors (Lipinski definition) is 4. The van der Waals surface area contributed by atoms with Crippen LogP contribution in [0.25, 0.3) is 0 Å². The van der Waals surface area contributed by atoms with Gasteiger partial charge < -0.3 is 19.9 Å². The minimum absolute atomic E-state index is 0.193. The van der Waals surface area contributed by atoms with E-state index in [9.17, 15) is 10.2 Å². The van der Waals surface area contributed by atoms with Crippen LogP contribution in [0.2, 0.25) is 0 Å². The summed E-state index contributed by atoms with van der Waals surface area (Å²) < 4.78 is 1.59. The van der Waals surface area contributed by atoms with Gasteiger partial charge in [-0.3, -0.25) is 0 Å². The van der Waals surface area contributed by atoms with E-state index >= 15 is 0 Å². The molecule has 0 aromatic carbocycles. The molecular formula is C7H10N2O3. The van der Waals surface area contributed by atoms with Gasteiger partial charge >= 0.3 is 0 Å². The predicted octanol–water partition coefficient (Wildman–Crippen LogP) is -1.18. The third-order valence-electron chi connectivity index (χ3n) is 2.23. The summed E-state index contributed by atoms with van der Waals surface area (Å²) in [6, 6.07) is -0.461. The molecule has 0 bridgehead atoms. The Morgan fingerprint density at radius 2 is 2.25 bits per heavy atom. The Balaban J connectivity index is 2.42. The third kappa shape index (κ3) is 0.811. The van der Waals surface area contributed by atoms with Crippen LogP contribution in [0.4, 0.5) is 0 Å². The van der Waals surface area contributed by atoms with Crippen LogP contribution >= 0.6 is 0 Å². The molecule has 12 heavy (non-hydrogen) atoms. The summed E-state index contributed by atoms with van der Waals surface area (Å²) in [5.41, 5.74) is 0. The maximum absolute atomic E-state index is 9.40. The van der Waals surface area contributed by atoms with Crippen LogP contribution in [0.15, 0.2) is 12.4 Å². The first-order valence-electron chi connectivity index (χ1n) is 3.75. The first-order chi connectivity index (χ1) is 5.75. The van der Waals surface area contributed by atoms with Crippen LogP contribution in [0.1, 0.15) is 18.0 Å². The molecule has 1 aromatic heterocycles. The molecule has 5 nitrogen and oxygen atoms in total. The lowest BCUT2D eigenvalue weighted by Crippen LogP contribution is -2.23. The fourth-order valence-corrected chi connectivity index (χ4v) is 1.56. The lowest BCUT2D eigenvalue weighted by atomic mass is 10.1. The van der Waals surface area contributed by atoms with Gasteiger partial charge in [0.1, 0.15) is 18.0 Å². The maximum Gasteiger partial charge on any atom is 0.140 e. The molecule has 5 heteroatoms. The molecule has 66 valence electrons. The van der Waals surface area contributed by atoms with Crippen LogP contribution in [-0.4, -0.2) is 37.6 Å². The van der Waals surface area contributed by atoms with Gasteiger partial charge in [-0.15, -0.1) is 0 Å². The molecule has 3 N–H and O–H groups in total. The summed E-state index contributed by atoms with van der Waals surface area (Å²) in [4.78, 5) is 3.87. The molecule has 0 spiro atoms. The largest absolute Gasteiger partial charge is 0.394 e. The van der Waals surface area contributed by atoms with E-state index in [0.29, 0.717) is 5.82 Å². The number of nitrogens with zero attached hydrogens (tertiary/aromatic N) is 2. The summed E-state index contributed by atoms with van der Waals surface area (Å²) in [5, 5.41) is 27.7. The topological polar surface area (TPSA) is 78.5 Å². The van der Waals surface area contributed by atoms with Gasteiger partial charge in [-0.2, -0.15) is 0 Å². The number of hydrogen-bond donors (Lipinski definition) is 3. The highest BCUT2D eigenvalue weighted by Crippen LogP contribution is 2.32. The average molecular weight is 170 g/mol. The Morgan fingerprint density at radius 3 is 2.92 bits per heavy atom. The molecule has 1 aliphatic heterocycles. The highest BCUT2D eigenvalue weighted by atomic mass is 16.3. The molecule has 1 aliphatic rings. The number of aromatic nitrogens is 2. The number of aliphatic hydroxyl groups is 3. The molecule has 0 unspecified atom stereocenters. The molecule has 0 aliphatic carbocycles. The van der Waals surface area contributed by atoms with Gasteiger partial charge in [0.05, 0.1) is 12.6 Å². The van der Waals surface area contributed by atoms with Crippen molar-refractivity contribution in [2.75, 3.05) is 6.61 Å². The molecular weight excluding hydrogens is 160 g/mol. The van der Waals surface area contributed by atoms with Crippen molar-refractivity contribution in [3.63, 3.8) is 0 Å². The molecule has 0 saturated heterocycles. The Labute approximate surface area is 68.9 Å². The van der Waals surface area contributed by atoms with Gasteiger partial charge in [0.25, 0.3) is 0 Å². The van der Waals surface area contributed by atoms with Crippen LogP contribution in [0.5, 0.6) is 0 Å². The number of fused-ring (bicyclic) bond motifs is 1. The zero-order valence-corrected chi connectivity index (χ0v) is 6.33. The first kappa shape index (κ1) is 7.72. The molecule has 0 radical (unpaired) electrons. The monoisotopic (exact) mass is 170 g/mol. The van der Waals surface area contributed by atoms with Gasteiger partial charge in [-0.05, 0) is 0 Å². The van der Waals surface area contributed by atoms with Crippen LogP contribution < -0.4 is 0 Å². The van der Waals surface area contributed by atoms with Crippen LogP contribution in [-0.2, 0) is 0 Å². The van der Waals surface area contributed by atoms with Gasteiger partial charge in [0.15, 0.2) is 0 Å². The van der Waals surface area contributed by atoms with Crippen LogP contribution in [0.3, 0.4) is 0 Å². The van der Waals surface area contributed by atoms with E-state index in [1.807, 2.05) is 0 Å². The summed E-state index contributed by atoms with van der Waals surface area (Å²) in [6.07, 6.45) is 1.25. The first-order valence-corrected chi connectivity index (χ1v) is 3.75. The predicted molar refractivity (Wildman–Crippen MR) is 39.3 cm³/mol. The molecule has 2 rings (SSSR count). The summed E-state index contributed by atoms with van der Waals surface area (Å²) in [6.45, 7) is -0.193. The minimum Gasteiger partial charge on any atom is -0.394 e. The van der Waals surface area contributed by atoms with E-state index in [2.05, 4.69) is 4.98 Å². The molecule has 3 atom stereocenters. The van der Waals surface area contributed by atoms with E-state index in [-0.39, 0.29) is 6.61 Å². The van der Waals surface area contributed by atoms with Crippen molar-refractivity contribution >= 4 is 0 Å². The second kappa shape index (κ2) is 2.55. The minimum atomic E-state index is -0.975. The number of rotatable bonds is 1. The van der Waals surface area contributed by atoms with E-state index in [4.69, 9.17) is 5.11 Å². The van der Waals surface area contributed by atoms with E-state index < -0.39 is 18.2 Å². The van der Waals surface area contributed by atoms with Gasteiger partial charge in [0.2, 0.25) is 0 Å². The maximum atomic E-state index is 9.40. The van der Waals surface area contributed by atoms with Crippen molar-refractivity contribution in [2.45, 2.75) is 18.2 Å². The molecule has 0 amide bonds. The summed E-state index contributed by atoms with van der Waals surface area (Å²) in [7, 11) is 0. The quantitative estimate of drug-likeness (QED) is 0.496. The number of imidazole rings is 1. The molecule has 0 fully saturated rings. The Hall–Kier alpha value is -0.910. The van der Waals surface area contributed by atoms with Crippen LogP contribution in [0, 0.1) is 0 Å². The Morgan fingerprint density at radius 1 is 1.50 bits per heavy atom. The SMILES string of the molecule is OC[C@H]1[C@H](O)[C@@H](O)c2nccn21. The van der Waals surface area contributed by atoms with Crippen molar-refractivity contribution in [3.05, 3.63) is 18.2 Å². The van der Waals surface area contributed by atoms with E-state index in [0.717, 1.165) is 0 Å². The summed E-state index contributed by atoms with van der Waals surface area (Å²) in [5.74, 6) is 0.418. The fourth-order valence-electron chi connectivity index (χ4n) is 1.56. The van der Waals surface area contributed by atoms with Gasteiger partial charge in [0, 0.05) is 12.4 Å². The van der Waals surface area contributed by atoms with Crippen molar-refractivity contribution in [1.29, 1.82) is 0 Å². The fraction of sp³-hybridized carbons (Fsp3) is 0.571. The van der Waals surface area contributed by atoms with Crippen molar-refractivity contribution in [2.24, 2.45) is 0 Å². The summed E-state index contributed by atoms with van der Waals surface area (Å²) >= 11 is 0. The lowest BCUT2D eigenvalue weighted by molar-refractivity contribution is -0.00198. The van der Waals surface area contributed by atoms with Crippen molar-refractivity contribution < 1.29 is 15.3 Å². The zero-order valence-electron chi connectivity index (χ0n) is 6.33. The van der Waals surface area contributed by atoms with Gasteiger partial charge in [-0.1, -0.05) is 0 Å². The normalized spacial score (nSPS) is 33.8. The zero-order chi connectivity index (χ0) is 8.72. The molecule has 2 heterocycles. The van der Waals surface area contributed by atoms with Gasteiger partial charge in [-0.25, -0.2) is 4.98 Å². The van der Waals surface area contributed by atoms with Crippen molar-refractivity contribution in [3.8, 4) is 0 Å².